The largest absolute Gasteiger partial charge is 0.492 e. The second-order valence-electron chi connectivity index (χ2n) is 4.98. The Labute approximate surface area is 115 Å². The fourth-order valence-corrected chi connectivity index (χ4v) is 2.42. The van der Waals surface area contributed by atoms with Crippen molar-refractivity contribution in [1.29, 1.82) is 0 Å². The third kappa shape index (κ3) is 4.51. The van der Waals surface area contributed by atoms with E-state index in [0.29, 0.717) is 11.3 Å². The summed E-state index contributed by atoms with van der Waals surface area (Å²) in [5.74, 6) is 0.525. The average molecular weight is 286 g/mol. The molecule has 0 aliphatic heterocycles. The van der Waals surface area contributed by atoms with Gasteiger partial charge in [0.25, 0.3) is 0 Å². The molecule has 0 aliphatic rings. The van der Waals surface area contributed by atoms with Gasteiger partial charge in [-0.1, -0.05) is 11.6 Å². The van der Waals surface area contributed by atoms with E-state index in [1.165, 1.54) is 0 Å². The van der Waals surface area contributed by atoms with Gasteiger partial charge in [0.05, 0.1) is 17.1 Å². The molecule has 0 fully saturated rings. The first-order valence-electron chi connectivity index (χ1n) is 6.37. The van der Waals surface area contributed by atoms with Crippen LogP contribution in [0.4, 0.5) is 0 Å². The molecule has 1 rings (SSSR count). The molecule has 1 aromatic carbocycles. The van der Waals surface area contributed by atoms with E-state index >= 15 is 0 Å². The number of aliphatic hydroxyl groups is 1. The Bertz CT molecular complexity index is 518. The predicted molar refractivity (Wildman–Crippen MR) is 76.2 cm³/mol. The monoisotopic (exact) mass is 286 g/mol. The second kappa shape index (κ2) is 6.39. The van der Waals surface area contributed by atoms with Crippen LogP contribution in [-0.4, -0.2) is 31.1 Å². The van der Waals surface area contributed by atoms with Gasteiger partial charge in [-0.3, -0.25) is 0 Å². The molecule has 4 nitrogen and oxygen atoms in total. The zero-order valence-corrected chi connectivity index (χ0v) is 12.7. The van der Waals surface area contributed by atoms with Crippen LogP contribution in [0.5, 0.6) is 5.75 Å². The summed E-state index contributed by atoms with van der Waals surface area (Å²) in [5.41, 5.74) is 1.71. The van der Waals surface area contributed by atoms with Gasteiger partial charge in [-0.2, -0.15) is 0 Å². The van der Waals surface area contributed by atoms with Gasteiger partial charge in [0.1, 0.15) is 12.4 Å². The molecular formula is C14H22O4S. The summed E-state index contributed by atoms with van der Waals surface area (Å²) in [4.78, 5) is 0. The number of rotatable bonds is 6. The molecule has 0 radical (unpaired) electrons. The van der Waals surface area contributed by atoms with E-state index in [9.17, 15) is 13.5 Å². The van der Waals surface area contributed by atoms with Crippen LogP contribution in [-0.2, 0) is 9.84 Å². The van der Waals surface area contributed by atoms with E-state index < -0.39 is 21.2 Å². The van der Waals surface area contributed by atoms with Crippen LogP contribution in [0.25, 0.3) is 0 Å². The maximum absolute atomic E-state index is 11.7. The summed E-state index contributed by atoms with van der Waals surface area (Å²) in [6.45, 7) is 7.00. The summed E-state index contributed by atoms with van der Waals surface area (Å²) in [7, 11) is -3.10. The molecule has 0 heterocycles. The van der Waals surface area contributed by atoms with Crippen molar-refractivity contribution in [2.45, 2.75) is 39.0 Å². The summed E-state index contributed by atoms with van der Waals surface area (Å²) in [6, 6.07) is 5.48. The number of ether oxygens (including phenoxy) is 1. The minimum absolute atomic E-state index is 0.0161. The molecule has 0 bridgehead atoms. The lowest BCUT2D eigenvalue weighted by molar-refractivity contribution is 0.192. The first-order chi connectivity index (χ1) is 8.74. The summed E-state index contributed by atoms with van der Waals surface area (Å²) in [6.07, 6.45) is -0.642. The second-order valence-corrected chi connectivity index (χ2v) is 7.66. The highest BCUT2D eigenvalue weighted by molar-refractivity contribution is 7.91. The van der Waals surface area contributed by atoms with E-state index in [1.807, 2.05) is 19.1 Å². The highest BCUT2D eigenvalue weighted by atomic mass is 32.2. The molecule has 5 heteroatoms. The molecule has 19 heavy (non-hydrogen) atoms. The van der Waals surface area contributed by atoms with Gasteiger partial charge in [-0.25, -0.2) is 8.42 Å². The van der Waals surface area contributed by atoms with Crippen LogP contribution in [0.1, 0.15) is 38.0 Å². The molecule has 0 unspecified atom stereocenters. The third-order valence-corrected chi connectivity index (χ3v) is 5.13. The molecule has 108 valence electrons. The van der Waals surface area contributed by atoms with E-state index in [-0.39, 0.29) is 12.4 Å². The molecule has 1 N–H and O–H groups in total. The first kappa shape index (κ1) is 16.0. The quantitative estimate of drug-likeness (QED) is 0.871. The highest BCUT2D eigenvalue weighted by Gasteiger charge is 2.16. The zero-order valence-electron chi connectivity index (χ0n) is 11.9. The lowest BCUT2D eigenvalue weighted by Crippen LogP contribution is -2.22. The van der Waals surface area contributed by atoms with Gasteiger partial charge >= 0.3 is 0 Å². The van der Waals surface area contributed by atoms with Crippen molar-refractivity contribution in [1.82, 2.24) is 0 Å². The average Bonchev–Trinajstić information content (AvgIpc) is 2.30. The summed E-state index contributed by atoms with van der Waals surface area (Å²) in [5, 5.41) is 9.28. The van der Waals surface area contributed by atoms with Gasteiger partial charge in [-0.05, 0) is 39.8 Å². The van der Waals surface area contributed by atoms with Crippen molar-refractivity contribution >= 4 is 9.84 Å². The fraction of sp³-hybridized carbons (Fsp3) is 0.571. The molecule has 1 aromatic rings. The van der Waals surface area contributed by atoms with Crippen LogP contribution < -0.4 is 4.74 Å². The van der Waals surface area contributed by atoms with Gasteiger partial charge in [0.2, 0.25) is 0 Å². The van der Waals surface area contributed by atoms with Gasteiger partial charge < -0.3 is 9.84 Å². The molecule has 0 amide bonds. The lowest BCUT2D eigenvalue weighted by Gasteiger charge is -2.15. The van der Waals surface area contributed by atoms with E-state index in [1.54, 1.807) is 26.8 Å². The Kier molecular flexibility index (Phi) is 5.38. The molecule has 0 aromatic heterocycles. The van der Waals surface area contributed by atoms with Crippen molar-refractivity contribution in [2.75, 3.05) is 12.4 Å². The van der Waals surface area contributed by atoms with E-state index in [2.05, 4.69) is 0 Å². The van der Waals surface area contributed by atoms with Crippen molar-refractivity contribution < 1.29 is 18.3 Å². The molecular weight excluding hydrogens is 264 g/mol. The first-order valence-corrected chi connectivity index (χ1v) is 8.08. The minimum atomic E-state index is -3.10. The van der Waals surface area contributed by atoms with E-state index in [0.717, 1.165) is 5.56 Å². The number of hydrogen-bond acceptors (Lipinski definition) is 4. The Morgan fingerprint density at radius 3 is 2.42 bits per heavy atom. The number of benzene rings is 1. The van der Waals surface area contributed by atoms with Crippen LogP contribution in [0.2, 0.25) is 0 Å². The van der Waals surface area contributed by atoms with Crippen molar-refractivity contribution in [3.8, 4) is 5.75 Å². The Morgan fingerprint density at radius 2 is 1.89 bits per heavy atom. The Balaban J connectivity index is 2.74. The van der Waals surface area contributed by atoms with Gasteiger partial charge in [0.15, 0.2) is 9.84 Å². The number of sulfone groups is 1. The number of aliphatic hydroxyl groups excluding tert-OH is 1. The van der Waals surface area contributed by atoms with E-state index in [4.69, 9.17) is 4.74 Å². The highest BCUT2D eigenvalue weighted by Crippen LogP contribution is 2.26. The fourth-order valence-electron chi connectivity index (χ4n) is 1.63. The van der Waals surface area contributed by atoms with Crippen molar-refractivity contribution in [3.63, 3.8) is 0 Å². The maximum atomic E-state index is 11.7. The lowest BCUT2D eigenvalue weighted by atomic mass is 10.1. The van der Waals surface area contributed by atoms with Crippen molar-refractivity contribution in [3.05, 3.63) is 29.3 Å². The number of aryl methyl sites for hydroxylation is 1. The Hall–Kier alpha value is -1.07. The van der Waals surface area contributed by atoms with Crippen LogP contribution >= 0.6 is 0 Å². The van der Waals surface area contributed by atoms with Gasteiger partial charge in [0, 0.05) is 5.56 Å². The Morgan fingerprint density at radius 1 is 1.26 bits per heavy atom. The van der Waals surface area contributed by atoms with Crippen LogP contribution in [0.15, 0.2) is 18.2 Å². The smallest absolute Gasteiger partial charge is 0.155 e. The standard InChI is InChI=1S/C14H22O4S/c1-10(2)19(16,17)8-7-18-14-6-5-11(3)9-13(14)12(4)15/h5-6,9-10,12,15H,7-8H2,1-4H3/t12-/m0/s1. The molecule has 0 aliphatic carbocycles. The zero-order chi connectivity index (χ0) is 14.6. The van der Waals surface area contributed by atoms with Gasteiger partial charge in [-0.15, -0.1) is 0 Å². The summed E-state index contributed by atoms with van der Waals surface area (Å²) >= 11 is 0. The predicted octanol–water partition coefficient (Wildman–Crippen LogP) is 2.25. The topological polar surface area (TPSA) is 63.6 Å². The minimum Gasteiger partial charge on any atom is -0.492 e. The normalized spacial score (nSPS) is 13.6. The third-order valence-electron chi connectivity index (χ3n) is 2.96. The van der Waals surface area contributed by atoms with Crippen LogP contribution in [0, 0.1) is 6.92 Å². The molecule has 1 atom stereocenters. The molecule has 0 saturated carbocycles. The van der Waals surface area contributed by atoms with Crippen molar-refractivity contribution in [2.24, 2.45) is 0 Å². The molecule has 0 saturated heterocycles. The van der Waals surface area contributed by atoms with Crippen LogP contribution in [0.3, 0.4) is 0 Å². The molecule has 0 spiro atoms. The number of hydrogen-bond donors (Lipinski definition) is 1. The maximum Gasteiger partial charge on any atom is 0.155 e. The SMILES string of the molecule is Cc1ccc(OCCS(=O)(=O)C(C)C)c([C@H](C)O)c1. The summed E-state index contributed by atoms with van der Waals surface area (Å²) < 4.78 is 28.8.